The predicted molar refractivity (Wildman–Crippen MR) is 129 cm³/mol. The summed E-state index contributed by atoms with van der Waals surface area (Å²) in [5.41, 5.74) is 4.20. The second kappa shape index (κ2) is 9.75. The normalized spacial score (nSPS) is 23.5. The Bertz CT molecular complexity index is 971. The standard InChI is InChI=1S/C24H34N6OS/c1-17-7-6-11-24(2,3)21(17)10-12-29-15-19(30-16-25-27-28-30)14-22(29)23(31)26-18-8-5-9-20(13-18)32-4/h5,8-9,13,16,19,22H,6-7,10-12,14-15H2,1-4H3,(H,26,31)/t19-,22-/m0/s1. The van der Waals surface area contributed by atoms with Gasteiger partial charge in [0.05, 0.1) is 12.1 Å². The molecule has 0 spiro atoms. The fourth-order valence-corrected chi connectivity index (χ4v) is 5.79. The lowest BCUT2D eigenvalue weighted by Gasteiger charge is -2.36. The van der Waals surface area contributed by atoms with E-state index in [-0.39, 0.29) is 23.4 Å². The highest BCUT2D eigenvalue weighted by Crippen LogP contribution is 2.42. The van der Waals surface area contributed by atoms with Gasteiger partial charge in [0.15, 0.2) is 0 Å². The Kier molecular flexibility index (Phi) is 7.00. The minimum absolute atomic E-state index is 0.0485. The lowest BCUT2D eigenvalue weighted by atomic mass is 9.71. The number of benzene rings is 1. The molecule has 2 atom stereocenters. The number of thioether (sulfide) groups is 1. The van der Waals surface area contributed by atoms with Crippen molar-refractivity contribution in [1.29, 1.82) is 0 Å². The molecule has 1 aromatic carbocycles. The van der Waals surface area contributed by atoms with Crippen molar-refractivity contribution in [1.82, 2.24) is 25.1 Å². The van der Waals surface area contributed by atoms with Crippen LogP contribution in [0.3, 0.4) is 0 Å². The van der Waals surface area contributed by atoms with Crippen LogP contribution in [0.2, 0.25) is 0 Å². The molecule has 7 nitrogen and oxygen atoms in total. The summed E-state index contributed by atoms with van der Waals surface area (Å²) < 4.78 is 1.80. The van der Waals surface area contributed by atoms with Crippen LogP contribution in [0.25, 0.3) is 0 Å². The van der Waals surface area contributed by atoms with Gasteiger partial charge in [0, 0.05) is 23.7 Å². The van der Waals surface area contributed by atoms with Crippen molar-refractivity contribution in [2.45, 2.75) is 69.9 Å². The van der Waals surface area contributed by atoms with Crippen LogP contribution in [0, 0.1) is 5.41 Å². The number of allylic oxidation sites excluding steroid dienone is 1. The summed E-state index contributed by atoms with van der Waals surface area (Å²) >= 11 is 1.67. The molecular formula is C24H34N6OS. The van der Waals surface area contributed by atoms with Crippen molar-refractivity contribution in [3.05, 3.63) is 41.7 Å². The van der Waals surface area contributed by atoms with Crippen molar-refractivity contribution in [3.8, 4) is 0 Å². The van der Waals surface area contributed by atoms with E-state index in [2.05, 4.69) is 52.6 Å². The number of carbonyl (C=O) groups excluding carboxylic acids is 1. The first-order valence-corrected chi connectivity index (χ1v) is 12.7. The fourth-order valence-electron chi connectivity index (χ4n) is 5.34. The second-order valence-corrected chi connectivity index (χ2v) is 10.5. The van der Waals surface area contributed by atoms with Gasteiger partial charge < -0.3 is 5.32 Å². The monoisotopic (exact) mass is 454 g/mol. The van der Waals surface area contributed by atoms with E-state index in [0.717, 1.165) is 30.1 Å². The van der Waals surface area contributed by atoms with Crippen molar-refractivity contribution < 1.29 is 4.79 Å². The topological polar surface area (TPSA) is 75.9 Å². The molecular weight excluding hydrogens is 420 g/mol. The molecule has 8 heteroatoms. The molecule has 2 aliphatic rings. The van der Waals surface area contributed by atoms with Gasteiger partial charge >= 0.3 is 0 Å². The number of hydrogen-bond donors (Lipinski definition) is 1. The molecule has 1 aromatic heterocycles. The summed E-state index contributed by atoms with van der Waals surface area (Å²) in [5, 5.41) is 14.9. The van der Waals surface area contributed by atoms with E-state index in [4.69, 9.17) is 0 Å². The average Bonchev–Trinajstić information content (AvgIpc) is 3.43. The third kappa shape index (κ3) is 5.07. The van der Waals surface area contributed by atoms with Gasteiger partial charge in [-0.05, 0) is 79.3 Å². The Morgan fingerprint density at radius 3 is 2.91 bits per heavy atom. The summed E-state index contributed by atoms with van der Waals surface area (Å²) in [6, 6.07) is 7.92. The van der Waals surface area contributed by atoms with Crippen LogP contribution in [0.1, 0.15) is 58.9 Å². The SMILES string of the molecule is CSc1cccc(NC(=O)[C@@H]2C[C@H](n3cnnn3)CN2CCC2=C(C)CCCC2(C)C)c1. The Morgan fingerprint density at radius 1 is 1.34 bits per heavy atom. The van der Waals surface area contributed by atoms with E-state index < -0.39 is 0 Å². The van der Waals surface area contributed by atoms with Crippen LogP contribution in [0.15, 0.2) is 46.6 Å². The maximum absolute atomic E-state index is 13.4. The van der Waals surface area contributed by atoms with E-state index in [1.807, 2.05) is 24.5 Å². The highest BCUT2D eigenvalue weighted by Gasteiger charge is 2.39. The summed E-state index contributed by atoms with van der Waals surface area (Å²) in [5.74, 6) is 0.0485. The van der Waals surface area contributed by atoms with Crippen molar-refractivity contribution >= 4 is 23.4 Å². The minimum Gasteiger partial charge on any atom is -0.325 e. The van der Waals surface area contributed by atoms with E-state index in [9.17, 15) is 4.79 Å². The van der Waals surface area contributed by atoms with E-state index in [0.29, 0.717) is 6.42 Å². The smallest absolute Gasteiger partial charge is 0.241 e. The van der Waals surface area contributed by atoms with Crippen molar-refractivity contribution in [3.63, 3.8) is 0 Å². The molecule has 1 N–H and O–H groups in total. The first kappa shape index (κ1) is 23.0. The van der Waals surface area contributed by atoms with Gasteiger partial charge in [0.25, 0.3) is 0 Å². The second-order valence-electron chi connectivity index (χ2n) is 9.66. The number of likely N-dealkylation sites (tertiary alicyclic amines) is 1. The summed E-state index contributed by atoms with van der Waals surface area (Å²) in [4.78, 5) is 16.8. The minimum atomic E-state index is -0.199. The summed E-state index contributed by atoms with van der Waals surface area (Å²) in [6.45, 7) is 8.66. The number of anilines is 1. The molecule has 0 bridgehead atoms. The number of hydrogen-bond acceptors (Lipinski definition) is 6. The number of carbonyl (C=O) groups is 1. The first-order chi connectivity index (χ1) is 15.4. The van der Waals surface area contributed by atoms with Crippen LogP contribution in [0.5, 0.6) is 0 Å². The van der Waals surface area contributed by atoms with Crippen LogP contribution in [0.4, 0.5) is 5.69 Å². The number of tetrazole rings is 1. The van der Waals surface area contributed by atoms with E-state index in [1.165, 1.54) is 24.8 Å². The van der Waals surface area contributed by atoms with E-state index >= 15 is 0 Å². The zero-order chi connectivity index (χ0) is 22.7. The molecule has 2 heterocycles. The number of amides is 1. The molecule has 32 heavy (non-hydrogen) atoms. The van der Waals surface area contributed by atoms with Crippen molar-refractivity contribution in [2.75, 3.05) is 24.7 Å². The third-order valence-corrected chi connectivity index (χ3v) is 7.82. The van der Waals surface area contributed by atoms with Gasteiger partial charge in [-0.3, -0.25) is 9.69 Å². The van der Waals surface area contributed by atoms with E-state index in [1.54, 1.807) is 28.3 Å². The maximum atomic E-state index is 13.4. The van der Waals surface area contributed by atoms with Gasteiger partial charge in [-0.1, -0.05) is 31.1 Å². The Balaban J connectivity index is 1.50. The molecule has 1 aliphatic carbocycles. The lowest BCUT2D eigenvalue weighted by Crippen LogP contribution is -2.40. The maximum Gasteiger partial charge on any atom is 0.241 e. The molecule has 1 aliphatic heterocycles. The molecule has 1 fully saturated rings. The van der Waals surface area contributed by atoms with Gasteiger partial charge in [-0.15, -0.1) is 16.9 Å². The molecule has 2 aromatic rings. The third-order valence-electron chi connectivity index (χ3n) is 7.09. The van der Waals surface area contributed by atoms with Gasteiger partial charge in [0.2, 0.25) is 5.91 Å². The molecule has 0 saturated carbocycles. The van der Waals surface area contributed by atoms with Gasteiger partial charge in [-0.25, -0.2) is 4.68 Å². The Hall–Kier alpha value is -2.19. The molecule has 1 saturated heterocycles. The molecule has 4 rings (SSSR count). The van der Waals surface area contributed by atoms with Crippen molar-refractivity contribution in [2.24, 2.45) is 5.41 Å². The zero-order valence-corrected chi connectivity index (χ0v) is 20.4. The lowest BCUT2D eigenvalue weighted by molar-refractivity contribution is -0.120. The molecule has 0 radical (unpaired) electrons. The number of rotatable bonds is 7. The predicted octanol–water partition coefficient (Wildman–Crippen LogP) is 4.57. The van der Waals surface area contributed by atoms with Crippen LogP contribution >= 0.6 is 11.8 Å². The fraction of sp³-hybridized carbons (Fsp3) is 0.583. The molecule has 172 valence electrons. The molecule has 1 amide bonds. The summed E-state index contributed by atoms with van der Waals surface area (Å²) in [6.07, 6.45) is 9.12. The van der Waals surface area contributed by atoms with Crippen LogP contribution in [-0.4, -0.2) is 56.4 Å². The number of nitrogens with one attached hydrogen (secondary N) is 1. The average molecular weight is 455 g/mol. The quantitative estimate of drug-likeness (QED) is 0.488. The van der Waals surface area contributed by atoms with Crippen LogP contribution < -0.4 is 5.32 Å². The Morgan fingerprint density at radius 2 is 2.19 bits per heavy atom. The van der Waals surface area contributed by atoms with Gasteiger partial charge in [0.1, 0.15) is 6.33 Å². The summed E-state index contributed by atoms with van der Waals surface area (Å²) in [7, 11) is 0. The molecule has 0 unspecified atom stereocenters. The Labute approximate surface area is 195 Å². The first-order valence-electron chi connectivity index (χ1n) is 11.5. The highest BCUT2D eigenvalue weighted by atomic mass is 32.2. The largest absolute Gasteiger partial charge is 0.325 e. The number of nitrogens with zero attached hydrogens (tertiary/aromatic N) is 5. The number of aromatic nitrogens is 4. The van der Waals surface area contributed by atoms with Crippen LogP contribution in [-0.2, 0) is 4.79 Å². The van der Waals surface area contributed by atoms with Gasteiger partial charge in [-0.2, -0.15) is 0 Å². The zero-order valence-electron chi connectivity index (χ0n) is 19.5. The highest BCUT2D eigenvalue weighted by molar-refractivity contribution is 7.98.